The van der Waals surface area contributed by atoms with E-state index in [0.717, 1.165) is 56.7 Å². The van der Waals surface area contributed by atoms with Gasteiger partial charge in [0.15, 0.2) is 0 Å². The van der Waals surface area contributed by atoms with Crippen LogP contribution in [-0.2, 0) is 6.42 Å². The number of aromatic amines is 1. The van der Waals surface area contributed by atoms with Gasteiger partial charge in [-0.1, -0.05) is 0 Å². The van der Waals surface area contributed by atoms with Crippen LogP contribution in [0.3, 0.4) is 0 Å². The van der Waals surface area contributed by atoms with Crippen LogP contribution in [0.1, 0.15) is 45.7 Å². The number of carbonyl (C=O) groups excluding carboxylic acids is 2. The Hall–Kier alpha value is -2.83. The Bertz CT molecular complexity index is 886. The third-order valence-corrected chi connectivity index (χ3v) is 5.33. The zero-order chi connectivity index (χ0) is 19.0. The summed E-state index contributed by atoms with van der Waals surface area (Å²) in [7, 11) is 1.48. The number of halogens is 1. The second-order valence-electron chi connectivity index (χ2n) is 7.05. The van der Waals surface area contributed by atoms with Crippen molar-refractivity contribution >= 4 is 23.3 Å². The van der Waals surface area contributed by atoms with E-state index in [0.29, 0.717) is 11.4 Å². The molecular formula is C20H23FN4O2. The summed E-state index contributed by atoms with van der Waals surface area (Å²) in [6, 6.07) is 6.54. The van der Waals surface area contributed by atoms with Crippen molar-refractivity contribution in [3.63, 3.8) is 0 Å². The Kier molecular flexibility index (Phi) is 4.59. The Morgan fingerprint density at radius 1 is 1.11 bits per heavy atom. The summed E-state index contributed by atoms with van der Waals surface area (Å²) < 4.78 is 14.4. The van der Waals surface area contributed by atoms with Crippen LogP contribution in [0.4, 0.5) is 15.9 Å². The van der Waals surface area contributed by atoms with E-state index in [4.69, 9.17) is 0 Å². The van der Waals surface area contributed by atoms with E-state index in [2.05, 4.69) is 10.3 Å². The molecule has 0 saturated carbocycles. The van der Waals surface area contributed by atoms with E-state index < -0.39 is 11.7 Å². The fraction of sp³-hybridized carbons (Fsp3) is 0.400. The smallest absolute Gasteiger partial charge is 0.270 e. The lowest BCUT2D eigenvalue weighted by molar-refractivity contribution is 0.0787. The molecule has 0 atom stereocenters. The second-order valence-corrected chi connectivity index (χ2v) is 7.05. The summed E-state index contributed by atoms with van der Waals surface area (Å²) in [6.07, 6.45) is 3.90. The van der Waals surface area contributed by atoms with Crippen LogP contribution in [0.25, 0.3) is 0 Å². The zero-order valence-electron chi connectivity index (χ0n) is 15.3. The van der Waals surface area contributed by atoms with Gasteiger partial charge in [-0.2, -0.15) is 0 Å². The Morgan fingerprint density at radius 2 is 1.89 bits per heavy atom. The van der Waals surface area contributed by atoms with Crippen LogP contribution >= 0.6 is 0 Å². The molecule has 3 heterocycles. The van der Waals surface area contributed by atoms with Gasteiger partial charge in [0.25, 0.3) is 11.8 Å². The van der Waals surface area contributed by atoms with E-state index >= 15 is 0 Å². The lowest BCUT2D eigenvalue weighted by Crippen LogP contribution is -2.28. The average Bonchev–Trinajstić information content (AvgIpc) is 3.36. The molecule has 6 nitrogen and oxygen atoms in total. The first-order valence-electron chi connectivity index (χ1n) is 9.39. The van der Waals surface area contributed by atoms with Crippen molar-refractivity contribution in [1.29, 1.82) is 0 Å². The van der Waals surface area contributed by atoms with Gasteiger partial charge in [0.2, 0.25) is 0 Å². The van der Waals surface area contributed by atoms with E-state index in [1.807, 2.05) is 15.9 Å². The number of aryl methyl sites for hydroxylation is 1. The molecule has 7 heteroatoms. The highest BCUT2D eigenvalue weighted by molar-refractivity contribution is 5.95. The average molecular weight is 370 g/mol. The molecule has 142 valence electrons. The number of aromatic nitrogens is 1. The van der Waals surface area contributed by atoms with Crippen LogP contribution in [-0.4, -0.2) is 48.4 Å². The van der Waals surface area contributed by atoms with Crippen molar-refractivity contribution < 1.29 is 14.0 Å². The van der Waals surface area contributed by atoms with Gasteiger partial charge in [-0.15, -0.1) is 0 Å². The van der Waals surface area contributed by atoms with E-state index in [9.17, 15) is 14.0 Å². The molecule has 1 saturated heterocycles. The highest BCUT2D eigenvalue weighted by Crippen LogP contribution is 2.34. The molecule has 2 amide bonds. The molecule has 2 N–H and O–H groups in total. The molecule has 27 heavy (non-hydrogen) atoms. The molecule has 2 aliphatic heterocycles. The molecule has 1 fully saturated rings. The van der Waals surface area contributed by atoms with Crippen LogP contribution in [0.5, 0.6) is 0 Å². The lowest BCUT2D eigenvalue weighted by Gasteiger charge is -2.29. The number of fused-ring (bicyclic) bond motifs is 1. The predicted molar refractivity (Wildman–Crippen MR) is 101 cm³/mol. The monoisotopic (exact) mass is 370 g/mol. The summed E-state index contributed by atoms with van der Waals surface area (Å²) in [4.78, 5) is 31.5. The first-order chi connectivity index (χ1) is 13.1. The number of nitrogens with one attached hydrogen (secondary N) is 2. The number of hydrogen-bond donors (Lipinski definition) is 2. The Balaban J connectivity index is 1.64. The van der Waals surface area contributed by atoms with Crippen molar-refractivity contribution in [3.05, 3.63) is 46.9 Å². The molecule has 0 spiro atoms. The fourth-order valence-corrected chi connectivity index (χ4v) is 3.91. The van der Waals surface area contributed by atoms with Crippen LogP contribution in [0.2, 0.25) is 0 Å². The number of hydrogen-bond acceptors (Lipinski definition) is 3. The van der Waals surface area contributed by atoms with Gasteiger partial charge in [-0.05, 0) is 55.5 Å². The number of benzene rings is 1. The summed E-state index contributed by atoms with van der Waals surface area (Å²) in [5.74, 6) is -0.130. The van der Waals surface area contributed by atoms with Gasteiger partial charge in [-0.25, -0.2) is 4.39 Å². The maximum absolute atomic E-state index is 14.4. The van der Waals surface area contributed by atoms with Crippen molar-refractivity contribution in [3.8, 4) is 0 Å². The Labute approximate surface area is 157 Å². The standard InChI is InChI=1S/C20H23FN4O2/c1-22-19(26)15-7-6-14(12-16(15)21)25-10-4-5-13-11-17(23-18(13)25)20(27)24-8-2-3-9-24/h6-7,11-12,23H,2-5,8-10H2,1H3,(H,22,26). The van der Waals surface area contributed by atoms with Gasteiger partial charge in [0.05, 0.1) is 5.56 Å². The fourth-order valence-electron chi connectivity index (χ4n) is 3.91. The molecule has 0 bridgehead atoms. The van der Waals surface area contributed by atoms with Gasteiger partial charge in [-0.3, -0.25) is 9.59 Å². The minimum absolute atomic E-state index is 0.0230. The van der Waals surface area contributed by atoms with Gasteiger partial charge in [0.1, 0.15) is 17.3 Å². The zero-order valence-corrected chi connectivity index (χ0v) is 15.3. The first-order valence-corrected chi connectivity index (χ1v) is 9.39. The predicted octanol–water partition coefficient (Wildman–Crippen LogP) is 2.83. The molecule has 2 aromatic rings. The third-order valence-electron chi connectivity index (χ3n) is 5.33. The Morgan fingerprint density at radius 3 is 2.59 bits per heavy atom. The molecule has 0 unspecified atom stereocenters. The maximum Gasteiger partial charge on any atom is 0.270 e. The van der Waals surface area contributed by atoms with Crippen molar-refractivity contribution in [2.24, 2.45) is 0 Å². The summed E-state index contributed by atoms with van der Waals surface area (Å²) >= 11 is 0. The largest absolute Gasteiger partial charge is 0.355 e. The van der Waals surface area contributed by atoms with Crippen molar-refractivity contribution in [2.75, 3.05) is 31.6 Å². The molecule has 1 aromatic heterocycles. The molecule has 0 aliphatic carbocycles. The molecule has 2 aliphatic rings. The van der Waals surface area contributed by atoms with Crippen LogP contribution in [0.15, 0.2) is 24.3 Å². The number of carbonyl (C=O) groups is 2. The molecular weight excluding hydrogens is 347 g/mol. The third kappa shape index (κ3) is 3.18. The number of nitrogens with zero attached hydrogens (tertiary/aromatic N) is 2. The number of likely N-dealkylation sites (tertiary alicyclic amines) is 1. The van der Waals surface area contributed by atoms with Gasteiger partial charge in [0, 0.05) is 32.4 Å². The molecule has 1 aromatic carbocycles. The summed E-state index contributed by atoms with van der Waals surface area (Å²) in [5.41, 5.74) is 2.36. The SMILES string of the molecule is CNC(=O)c1ccc(N2CCCc3cc(C(=O)N4CCCC4)[nH]c32)cc1F. The lowest BCUT2D eigenvalue weighted by atomic mass is 10.1. The number of amides is 2. The van der Waals surface area contributed by atoms with Gasteiger partial charge < -0.3 is 20.1 Å². The number of H-pyrrole nitrogens is 1. The van der Waals surface area contributed by atoms with Crippen molar-refractivity contribution in [2.45, 2.75) is 25.7 Å². The highest BCUT2D eigenvalue weighted by atomic mass is 19.1. The minimum Gasteiger partial charge on any atom is -0.355 e. The topological polar surface area (TPSA) is 68.4 Å². The number of anilines is 2. The van der Waals surface area contributed by atoms with E-state index in [1.54, 1.807) is 6.07 Å². The first kappa shape index (κ1) is 17.6. The van der Waals surface area contributed by atoms with E-state index in [1.165, 1.54) is 19.2 Å². The van der Waals surface area contributed by atoms with Crippen LogP contribution in [0, 0.1) is 5.82 Å². The molecule has 4 rings (SSSR count). The second kappa shape index (κ2) is 7.06. The number of rotatable bonds is 3. The maximum atomic E-state index is 14.4. The molecule has 0 radical (unpaired) electrons. The normalized spacial score (nSPS) is 16.4. The van der Waals surface area contributed by atoms with E-state index in [-0.39, 0.29) is 11.5 Å². The van der Waals surface area contributed by atoms with Gasteiger partial charge >= 0.3 is 0 Å². The minimum atomic E-state index is -0.557. The quantitative estimate of drug-likeness (QED) is 0.873. The van der Waals surface area contributed by atoms with Crippen LogP contribution < -0.4 is 10.2 Å². The summed E-state index contributed by atoms with van der Waals surface area (Å²) in [5, 5.41) is 2.44. The van der Waals surface area contributed by atoms with Crippen molar-refractivity contribution in [1.82, 2.24) is 15.2 Å². The summed E-state index contributed by atoms with van der Waals surface area (Å²) in [6.45, 7) is 2.33. The highest BCUT2D eigenvalue weighted by Gasteiger charge is 2.27.